The summed E-state index contributed by atoms with van der Waals surface area (Å²) in [7, 11) is 1.18. The number of para-hydroxylation sites is 1. The summed E-state index contributed by atoms with van der Waals surface area (Å²) >= 11 is 0. The van der Waals surface area contributed by atoms with Crippen LogP contribution < -0.4 is 4.74 Å². The Bertz CT molecular complexity index is 1190. The highest BCUT2D eigenvalue weighted by atomic mass is 16.6. The van der Waals surface area contributed by atoms with Gasteiger partial charge in [-0.3, -0.25) is 10.1 Å². The summed E-state index contributed by atoms with van der Waals surface area (Å²) in [6.45, 7) is 6.64. The molecule has 0 fully saturated rings. The third-order valence-electron chi connectivity index (χ3n) is 4.29. The molecular formula is C21H21N3O7. The van der Waals surface area contributed by atoms with Gasteiger partial charge >= 0.3 is 12.1 Å². The van der Waals surface area contributed by atoms with Gasteiger partial charge in [-0.05, 0) is 45.9 Å². The third-order valence-corrected chi connectivity index (χ3v) is 4.29. The van der Waals surface area contributed by atoms with E-state index in [1.54, 1.807) is 45.0 Å². The molecule has 0 spiro atoms. The maximum absolute atomic E-state index is 12.6. The number of hydrogen-bond donors (Lipinski definition) is 0. The van der Waals surface area contributed by atoms with Crippen LogP contribution in [0.15, 0.2) is 36.4 Å². The molecular weight excluding hydrogens is 406 g/mol. The normalized spacial score (nSPS) is 11.3. The van der Waals surface area contributed by atoms with Crippen molar-refractivity contribution in [1.82, 2.24) is 9.78 Å². The largest absolute Gasteiger partial charge is 0.465 e. The number of ether oxygens (including phenoxy) is 3. The minimum Gasteiger partial charge on any atom is -0.465 e. The number of esters is 1. The van der Waals surface area contributed by atoms with Gasteiger partial charge in [-0.25, -0.2) is 9.59 Å². The van der Waals surface area contributed by atoms with Crippen LogP contribution >= 0.6 is 0 Å². The lowest BCUT2D eigenvalue weighted by atomic mass is 10.1. The zero-order chi connectivity index (χ0) is 22.9. The molecule has 2 aromatic carbocycles. The molecule has 0 radical (unpaired) electrons. The van der Waals surface area contributed by atoms with Crippen LogP contribution in [0, 0.1) is 17.0 Å². The van der Waals surface area contributed by atoms with E-state index in [1.165, 1.54) is 26.2 Å². The summed E-state index contributed by atoms with van der Waals surface area (Å²) in [4.78, 5) is 35.5. The van der Waals surface area contributed by atoms with Gasteiger partial charge in [0.1, 0.15) is 11.4 Å². The second-order valence-electron chi connectivity index (χ2n) is 7.68. The lowest BCUT2D eigenvalue weighted by Crippen LogP contribution is -2.27. The molecule has 162 valence electrons. The number of carbonyl (C=O) groups excluding carboxylic acids is 2. The van der Waals surface area contributed by atoms with Gasteiger partial charge in [-0.15, -0.1) is 5.10 Å². The van der Waals surface area contributed by atoms with Crippen molar-refractivity contribution in [2.75, 3.05) is 7.11 Å². The van der Waals surface area contributed by atoms with E-state index in [0.717, 1.165) is 4.68 Å². The molecule has 3 aromatic rings. The molecule has 0 N–H and O–H groups in total. The number of methoxy groups -OCH3 is 1. The van der Waals surface area contributed by atoms with Crippen LogP contribution in [0.3, 0.4) is 0 Å². The fraction of sp³-hybridized carbons (Fsp3) is 0.286. The predicted molar refractivity (Wildman–Crippen MR) is 111 cm³/mol. The maximum atomic E-state index is 12.6. The van der Waals surface area contributed by atoms with Crippen LogP contribution in [0.2, 0.25) is 0 Å². The summed E-state index contributed by atoms with van der Waals surface area (Å²) in [5.41, 5.74) is -0.482. The van der Waals surface area contributed by atoms with Gasteiger partial charge in [-0.2, -0.15) is 4.68 Å². The molecule has 0 amide bonds. The molecule has 0 atom stereocenters. The van der Waals surface area contributed by atoms with E-state index in [4.69, 9.17) is 14.2 Å². The first kappa shape index (κ1) is 21.8. The molecule has 10 nitrogen and oxygen atoms in total. The van der Waals surface area contributed by atoms with Crippen molar-refractivity contribution in [2.45, 2.75) is 33.3 Å². The Morgan fingerprint density at radius 2 is 1.84 bits per heavy atom. The molecule has 0 saturated carbocycles. The summed E-state index contributed by atoms with van der Waals surface area (Å²) in [5, 5.41) is 16.1. The molecule has 10 heteroatoms. The summed E-state index contributed by atoms with van der Waals surface area (Å²) in [6.07, 6.45) is -0.705. The summed E-state index contributed by atoms with van der Waals surface area (Å²) in [5.74, 6) is -0.720. The van der Waals surface area contributed by atoms with Crippen molar-refractivity contribution < 1.29 is 28.7 Å². The van der Waals surface area contributed by atoms with Crippen molar-refractivity contribution in [3.8, 4) is 11.6 Å². The van der Waals surface area contributed by atoms with Gasteiger partial charge in [0.2, 0.25) is 5.88 Å². The van der Waals surface area contributed by atoms with E-state index in [-0.39, 0.29) is 28.4 Å². The number of nitro benzene ring substituents is 1. The molecule has 3 rings (SSSR count). The van der Waals surface area contributed by atoms with E-state index in [0.29, 0.717) is 10.9 Å². The van der Waals surface area contributed by atoms with Crippen LogP contribution in [0.1, 0.15) is 36.7 Å². The third kappa shape index (κ3) is 4.47. The second kappa shape index (κ2) is 8.05. The average Bonchev–Trinajstić information content (AvgIpc) is 3.06. The maximum Gasteiger partial charge on any atom is 0.435 e. The SMILES string of the molecule is COC(=O)c1cc(Oc2nn(C(=O)OC(C)(C)C)c3ccccc23)cc([N+](=O)[O-])c1C. The Morgan fingerprint density at radius 3 is 2.45 bits per heavy atom. The van der Waals surface area contributed by atoms with Crippen molar-refractivity contribution >= 4 is 28.7 Å². The standard InChI is InChI=1S/C21H21N3O7/c1-12-15(19(25)29-5)10-13(11-17(12)24(27)28)30-18-14-8-6-7-9-16(14)23(22-18)20(26)31-21(2,3)4/h6-11H,1-5H3. The van der Waals surface area contributed by atoms with Crippen LogP contribution in [-0.2, 0) is 9.47 Å². The number of nitrogens with zero attached hydrogens (tertiary/aromatic N) is 3. The number of benzene rings is 2. The molecule has 0 aliphatic rings. The number of carbonyl (C=O) groups is 2. The lowest BCUT2D eigenvalue weighted by molar-refractivity contribution is -0.385. The minimum absolute atomic E-state index is 0.00251. The van der Waals surface area contributed by atoms with Crippen LogP contribution in [0.25, 0.3) is 10.9 Å². The van der Waals surface area contributed by atoms with E-state index >= 15 is 0 Å². The van der Waals surface area contributed by atoms with Gasteiger partial charge in [0.15, 0.2) is 0 Å². The Labute approximate surface area is 177 Å². The van der Waals surface area contributed by atoms with Crippen molar-refractivity contribution in [2.24, 2.45) is 0 Å². The monoisotopic (exact) mass is 427 g/mol. The number of fused-ring (bicyclic) bond motifs is 1. The van der Waals surface area contributed by atoms with Crippen molar-refractivity contribution in [1.29, 1.82) is 0 Å². The molecule has 0 bridgehead atoms. The number of aromatic nitrogens is 2. The van der Waals surface area contributed by atoms with Crippen LogP contribution in [0.5, 0.6) is 11.6 Å². The van der Waals surface area contributed by atoms with Crippen LogP contribution in [0.4, 0.5) is 10.5 Å². The van der Waals surface area contributed by atoms with Gasteiger partial charge in [0, 0.05) is 5.56 Å². The smallest absolute Gasteiger partial charge is 0.435 e. The van der Waals surface area contributed by atoms with Gasteiger partial charge in [0.25, 0.3) is 5.69 Å². The highest BCUT2D eigenvalue weighted by Gasteiger charge is 2.25. The molecule has 1 aromatic heterocycles. The molecule has 0 saturated heterocycles. The Hall–Kier alpha value is -3.95. The molecule has 0 unspecified atom stereocenters. The van der Waals surface area contributed by atoms with Crippen molar-refractivity contribution in [3.05, 3.63) is 57.6 Å². The Balaban J connectivity index is 2.10. The number of nitro groups is 1. The first-order valence-corrected chi connectivity index (χ1v) is 9.28. The van der Waals surface area contributed by atoms with Gasteiger partial charge in [0.05, 0.1) is 34.6 Å². The molecule has 1 heterocycles. The predicted octanol–water partition coefficient (Wildman–Crippen LogP) is 4.62. The first-order valence-electron chi connectivity index (χ1n) is 9.28. The molecule has 0 aliphatic heterocycles. The van der Waals surface area contributed by atoms with Crippen molar-refractivity contribution in [3.63, 3.8) is 0 Å². The lowest BCUT2D eigenvalue weighted by Gasteiger charge is -2.19. The van der Waals surface area contributed by atoms with Gasteiger partial charge < -0.3 is 14.2 Å². The highest BCUT2D eigenvalue weighted by molar-refractivity contribution is 5.93. The zero-order valence-corrected chi connectivity index (χ0v) is 17.7. The van der Waals surface area contributed by atoms with E-state index in [1.807, 2.05) is 0 Å². The summed E-state index contributed by atoms with van der Waals surface area (Å²) in [6, 6.07) is 9.31. The Kier molecular flexibility index (Phi) is 5.65. The first-order chi connectivity index (χ1) is 14.5. The van der Waals surface area contributed by atoms with E-state index in [9.17, 15) is 19.7 Å². The fourth-order valence-corrected chi connectivity index (χ4v) is 2.91. The highest BCUT2D eigenvalue weighted by Crippen LogP contribution is 2.34. The minimum atomic E-state index is -0.741. The number of rotatable bonds is 4. The summed E-state index contributed by atoms with van der Waals surface area (Å²) < 4.78 is 16.9. The second-order valence-corrected chi connectivity index (χ2v) is 7.68. The Morgan fingerprint density at radius 1 is 1.16 bits per heavy atom. The molecule has 31 heavy (non-hydrogen) atoms. The fourth-order valence-electron chi connectivity index (χ4n) is 2.91. The number of hydrogen-bond acceptors (Lipinski definition) is 8. The average molecular weight is 427 g/mol. The van der Waals surface area contributed by atoms with E-state index in [2.05, 4.69) is 5.10 Å². The van der Waals surface area contributed by atoms with Crippen LogP contribution in [-0.4, -0.2) is 39.5 Å². The van der Waals surface area contributed by atoms with Gasteiger partial charge in [-0.1, -0.05) is 12.1 Å². The molecule has 0 aliphatic carbocycles. The topological polar surface area (TPSA) is 123 Å². The van der Waals surface area contributed by atoms with E-state index < -0.39 is 22.6 Å². The quantitative estimate of drug-likeness (QED) is 0.336. The zero-order valence-electron chi connectivity index (χ0n) is 17.7.